The molecule has 1 aromatic carbocycles. The summed E-state index contributed by atoms with van der Waals surface area (Å²) in [6.45, 7) is 3.90. The molecule has 5 rings (SSSR count). The minimum absolute atomic E-state index is 0.0657. The second-order valence-electron chi connectivity index (χ2n) is 8.02. The molecule has 2 aliphatic rings. The van der Waals surface area contributed by atoms with Crippen LogP contribution in [0.1, 0.15) is 41.6 Å². The third kappa shape index (κ3) is 2.90. The van der Waals surface area contributed by atoms with E-state index < -0.39 is 0 Å². The van der Waals surface area contributed by atoms with Crippen LogP contribution in [-0.2, 0) is 5.54 Å². The first kappa shape index (κ1) is 17.4. The number of hydrogen-bond donors (Lipinski definition) is 1. The number of nitrogens with one attached hydrogen (secondary N) is 1. The second-order valence-corrected chi connectivity index (χ2v) is 8.02. The number of piperidine rings is 1. The molecular weight excluding hydrogens is 348 g/mol. The molecule has 3 aromatic rings. The molecule has 0 aliphatic carbocycles. The number of rotatable bonds is 3. The highest BCUT2D eigenvalue weighted by atomic mass is 16.2. The number of amides is 1. The molecule has 0 radical (unpaired) electrons. The van der Waals surface area contributed by atoms with Gasteiger partial charge in [0.1, 0.15) is 0 Å². The lowest BCUT2D eigenvalue weighted by molar-refractivity contribution is 0.0294. The minimum atomic E-state index is 0.0657. The number of hydrogen-bond acceptors (Lipinski definition) is 3. The van der Waals surface area contributed by atoms with Crippen LogP contribution < -0.4 is 0 Å². The number of nitrogens with zero attached hydrogens (tertiary/aromatic N) is 3. The maximum atomic E-state index is 13.1. The van der Waals surface area contributed by atoms with Crippen molar-refractivity contribution in [2.75, 3.05) is 26.2 Å². The van der Waals surface area contributed by atoms with Crippen LogP contribution in [0.15, 0.2) is 54.9 Å². The first-order valence-corrected chi connectivity index (χ1v) is 10.3. The average Bonchev–Trinajstić information content (AvgIpc) is 3.45. The number of aromatic nitrogens is 2. The molecule has 28 heavy (non-hydrogen) atoms. The molecule has 0 bridgehead atoms. The van der Waals surface area contributed by atoms with Crippen molar-refractivity contribution in [3.05, 3.63) is 66.0 Å². The van der Waals surface area contributed by atoms with Gasteiger partial charge in [0, 0.05) is 31.0 Å². The molecule has 0 saturated carbocycles. The van der Waals surface area contributed by atoms with Crippen molar-refractivity contribution in [1.29, 1.82) is 0 Å². The van der Waals surface area contributed by atoms with Gasteiger partial charge in [0.15, 0.2) is 0 Å². The highest BCUT2D eigenvalue weighted by Gasteiger charge is 2.43. The topological polar surface area (TPSA) is 52.2 Å². The van der Waals surface area contributed by atoms with Crippen LogP contribution in [-0.4, -0.2) is 51.9 Å². The predicted molar refractivity (Wildman–Crippen MR) is 110 cm³/mol. The quantitative estimate of drug-likeness (QED) is 0.759. The van der Waals surface area contributed by atoms with Crippen molar-refractivity contribution in [3.63, 3.8) is 0 Å². The Balaban J connectivity index is 1.38. The summed E-state index contributed by atoms with van der Waals surface area (Å²) in [6.07, 6.45) is 8.09. The molecule has 1 N–H and O–H groups in total. The Morgan fingerprint density at radius 1 is 1.00 bits per heavy atom. The van der Waals surface area contributed by atoms with Crippen molar-refractivity contribution in [3.8, 4) is 0 Å². The Kier molecular flexibility index (Phi) is 4.40. The monoisotopic (exact) mass is 374 g/mol. The lowest BCUT2D eigenvalue weighted by atomic mass is 9.79. The number of fused-ring (bicyclic) bond motifs is 1. The molecule has 144 valence electrons. The van der Waals surface area contributed by atoms with E-state index >= 15 is 0 Å². The SMILES string of the molecule is O=C(c1cnc2cc[nH]c2c1)N1CCC(c2ccccc2)(N2CCCC2)CC1. The predicted octanol–water partition coefficient (Wildman–Crippen LogP) is 3.79. The van der Waals surface area contributed by atoms with E-state index in [0.717, 1.165) is 50.1 Å². The van der Waals surface area contributed by atoms with Gasteiger partial charge in [-0.2, -0.15) is 0 Å². The Morgan fingerprint density at radius 3 is 2.50 bits per heavy atom. The molecule has 0 atom stereocenters. The van der Waals surface area contributed by atoms with E-state index in [-0.39, 0.29) is 11.4 Å². The van der Waals surface area contributed by atoms with E-state index in [2.05, 4.69) is 45.2 Å². The number of carbonyl (C=O) groups excluding carboxylic acids is 1. The van der Waals surface area contributed by atoms with Gasteiger partial charge < -0.3 is 9.88 Å². The number of pyridine rings is 1. The number of carbonyl (C=O) groups is 1. The van der Waals surface area contributed by atoms with Gasteiger partial charge in [-0.1, -0.05) is 30.3 Å². The smallest absolute Gasteiger partial charge is 0.255 e. The highest BCUT2D eigenvalue weighted by Crippen LogP contribution is 2.41. The van der Waals surface area contributed by atoms with Crippen LogP contribution >= 0.6 is 0 Å². The van der Waals surface area contributed by atoms with Crippen LogP contribution in [0, 0.1) is 0 Å². The standard InChI is InChI=1S/C23H26N4O/c28-22(18-16-21-20(25-17-18)8-11-24-21)26-14-9-23(10-15-26,27-12-4-5-13-27)19-6-2-1-3-7-19/h1-3,6-8,11,16-17,24H,4-5,9-10,12-15H2. The molecule has 0 unspecified atom stereocenters. The summed E-state index contributed by atoms with van der Waals surface area (Å²) in [5.41, 5.74) is 3.95. The highest BCUT2D eigenvalue weighted by molar-refractivity contribution is 5.96. The van der Waals surface area contributed by atoms with Crippen molar-refractivity contribution in [2.45, 2.75) is 31.2 Å². The van der Waals surface area contributed by atoms with Gasteiger partial charge in [-0.3, -0.25) is 14.7 Å². The molecule has 2 fully saturated rings. The van der Waals surface area contributed by atoms with Crippen LogP contribution in [0.3, 0.4) is 0 Å². The van der Waals surface area contributed by atoms with Gasteiger partial charge in [0.25, 0.3) is 5.91 Å². The second kappa shape index (κ2) is 7.06. The van der Waals surface area contributed by atoms with E-state index in [0.29, 0.717) is 5.56 Å². The number of aromatic amines is 1. The molecular formula is C23H26N4O. The van der Waals surface area contributed by atoms with E-state index in [1.165, 1.54) is 18.4 Å². The van der Waals surface area contributed by atoms with Crippen LogP contribution in [0.2, 0.25) is 0 Å². The summed E-state index contributed by atoms with van der Waals surface area (Å²) in [6, 6.07) is 14.7. The number of H-pyrrole nitrogens is 1. The molecule has 2 aliphatic heterocycles. The van der Waals surface area contributed by atoms with Crippen molar-refractivity contribution in [1.82, 2.24) is 19.8 Å². The molecule has 5 nitrogen and oxygen atoms in total. The lowest BCUT2D eigenvalue weighted by Gasteiger charge is -2.48. The normalized spacial score (nSPS) is 19.9. The van der Waals surface area contributed by atoms with Gasteiger partial charge >= 0.3 is 0 Å². The van der Waals surface area contributed by atoms with Gasteiger partial charge in [-0.15, -0.1) is 0 Å². The summed E-state index contributed by atoms with van der Waals surface area (Å²) in [7, 11) is 0. The third-order valence-corrected chi connectivity index (χ3v) is 6.55. The third-order valence-electron chi connectivity index (χ3n) is 6.55. The maximum Gasteiger partial charge on any atom is 0.255 e. The Hall–Kier alpha value is -2.66. The van der Waals surface area contributed by atoms with E-state index in [9.17, 15) is 4.79 Å². The molecule has 0 spiro atoms. The Bertz CT molecular complexity index is 966. The van der Waals surface area contributed by atoms with Crippen LogP contribution in [0.25, 0.3) is 11.0 Å². The van der Waals surface area contributed by atoms with E-state index in [1.54, 1.807) is 6.20 Å². The lowest BCUT2D eigenvalue weighted by Crippen LogP contribution is -2.53. The van der Waals surface area contributed by atoms with Gasteiger partial charge in [-0.25, -0.2) is 0 Å². The first-order valence-electron chi connectivity index (χ1n) is 10.3. The molecule has 5 heteroatoms. The molecule has 2 aromatic heterocycles. The van der Waals surface area contributed by atoms with Crippen molar-refractivity contribution in [2.24, 2.45) is 0 Å². The fourth-order valence-electron chi connectivity index (χ4n) is 4.99. The van der Waals surface area contributed by atoms with Crippen molar-refractivity contribution < 1.29 is 4.79 Å². The summed E-state index contributed by atoms with van der Waals surface area (Å²) in [5, 5.41) is 0. The Labute approximate surface area is 165 Å². The summed E-state index contributed by atoms with van der Waals surface area (Å²) in [4.78, 5) is 25.3. The fourth-order valence-corrected chi connectivity index (χ4v) is 4.99. The number of benzene rings is 1. The maximum absolute atomic E-state index is 13.1. The van der Waals surface area contributed by atoms with E-state index in [4.69, 9.17) is 0 Å². The summed E-state index contributed by atoms with van der Waals surface area (Å²) in [5.74, 6) is 0.0899. The number of likely N-dealkylation sites (tertiary alicyclic amines) is 2. The molecule has 4 heterocycles. The zero-order valence-corrected chi connectivity index (χ0v) is 16.1. The minimum Gasteiger partial charge on any atom is -0.360 e. The molecule has 1 amide bonds. The van der Waals surface area contributed by atoms with Crippen molar-refractivity contribution >= 4 is 16.9 Å². The Morgan fingerprint density at radius 2 is 1.75 bits per heavy atom. The zero-order valence-electron chi connectivity index (χ0n) is 16.1. The van der Waals surface area contributed by atoms with Crippen LogP contribution in [0.5, 0.6) is 0 Å². The summed E-state index contributed by atoms with van der Waals surface area (Å²) >= 11 is 0. The average molecular weight is 374 g/mol. The fraction of sp³-hybridized carbons (Fsp3) is 0.391. The van der Waals surface area contributed by atoms with Gasteiger partial charge in [0.2, 0.25) is 0 Å². The summed E-state index contributed by atoms with van der Waals surface area (Å²) < 4.78 is 0. The van der Waals surface area contributed by atoms with E-state index in [1.807, 2.05) is 23.2 Å². The van der Waals surface area contributed by atoms with Gasteiger partial charge in [0.05, 0.1) is 16.6 Å². The van der Waals surface area contributed by atoms with Crippen LogP contribution in [0.4, 0.5) is 0 Å². The first-order chi connectivity index (χ1) is 13.8. The molecule has 2 saturated heterocycles. The largest absolute Gasteiger partial charge is 0.360 e. The van der Waals surface area contributed by atoms with Gasteiger partial charge in [-0.05, 0) is 56.5 Å². The zero-order chi connectivity index (χ0) is 19.0.